The van der Waals surface area contributed by atoms with Gasteiger partial charge in [0.25, 0.3) is 5.91 Å². The van der Waals surface area contributed by atoms with Crippen LogP contribution in [0.4, 0.5) is 10.5 Å². The predicted molar refractivity (Wildman–Crippen MR) is 108 cm³/mol. The molecule has 1 atom stereocenters. The smallest absolute Gasteiger partial charge is 0.319 e. The maximum atomic E-state index is 12.3. The Hall–Kier alpha value is -2.08. The number of hydrogen-bond acceptors (Lipinski definition) is 3. The van der Waals surface area contributed by atoms with Crippen molar-refractivity contribution in [2.45, 2.75) is 58.9 Å². The van der Waals surface area contributed by atoms with Gasteiger partial charge < -0.3 is 21.1 Å². The van der Waals surface area contributed by atoms with Crippen LogP contribution in [-0.2, 0) is 0 Å². The quantitative estimate of drug-likeness (QED) is 0.588. The number of aliphatic hydroxyl groups is 1. The number of carbonyl (C=O) groups excluding carboxylic acids is 2. The maximum Gasteiger partial charge on any atom is 0.319 e. The van der Waals surface area contributed by atoms with Gasteiger partial charge in [-0.25, -0.2) is 4.79 Å². The van der Waals surface area contributed by atoms with Crippen LogP contribution in [0, 0.1) is 11.3 Å². The fourth-order valence-corrected chi connectivity index (χ4v) is 3.56. The molecule has 1 aromatic rings. The first kappa shape index (κ1) is 21.2. The predicted octanol–water partition coefficient (Wildman–Crippen LogP) is 3.53. The molecule has 1 fully saturated rings. The molecule has 4 N–H and O–H groups in total. The molecule has 0 saturated heterocycles. The number of rotatable bonds is 7. The van der Waals surface area contributed by atoms with Crippen molar-refractivity contribution in [3.63, 3.8) is 0 Å². The minimum Gasteiger partial charge on any atom is -0.396 e. The lowest BCUT2D eigenvalue weighted by Crippen LogP contribution is -2.47. The maximum absolute atomic E-state index is 12.3. The molecule has 0 radical (unpaired) electrons. The number of hydrogen-bond donors (Lipinski definition) is 4. The van der Waals surface area contributed by atoms with Gasteiger partial charge in [-0.15, -0.1) is 0 Å². The standard InChI is InChI=1S/C21H33N3O3/c1-15(9-12-25)21(10-6-11-21)14-22-19(27)23-17-8-5-7-16(13-17)18(26)24-20(2,3)4/h5,7-8,13,15,25H,6,9-12,14H2,1-4H3,(H,24,26)(H2,22,23,27)/t15-/m1/s1. The summed E-state index contributed by atoms with van der Waals surface area (Å²) in [7, 11) is 0. The molecule has 1 saturated carbocycles. The number of nitrogens with one attached hydrogen (secondary N) is 3. The molecule has 0 unspecified atom stereocenters. The van der Waals surface area contributed by atoms with Gasteiger partial charge in [-0.3, -0.25) is 4.79 Å². The largest absolute Gasteiger partial charge is 0.396 e. The summed E-state index contributed by atoms with van der Waals surface area (Å²) < 4.78 is 0. The van der Waals surface area contributed by atoms with Crippen LogP contribution in [0.15, 0.2) is 24.3 Å². The van der Waals surface area contributed by atoms with Gasteiger partial charge in [0.05, 0.1) is 0 Å². The zero-order chi connectivity index (χ0) is 20.1. The second kappa shape index (κ2) is 8.74. The second-order valence-electron chi connectivity index (χ2n) is 8.72. The summed E-state index contributed by atoms with van der Waals surface area (Å²) in [6.45, 7) is 8.70. The van der Waals surface area contributed by atoms with E-state index in [1.165, 1.54) is 6.42 Å². The number of amides is 3. The first-order chi connectivity index (χ1) is 12.6. The van der Waals surface area contributed by atoms with E-state index in [-0.39, 0.29) is 29.5 Å². The first-order valence-electron chi connectivity index (χ1n) is 9.73. The molecule has 0 spiro atoms. The third-order valence-electron chi connectivity index (χ3n) is 5.43. The first-order valence-corrected chi connectivity index (χ1v) is 9.73. The molecule has 27 heavy (non-hydrogen) atoms. The third-order valence-corrected chi connectivity index (χ3v) is 5.43. The Balaban J connectivity index is 1.92. The van der Waals surface area contributed by atoms with Crippen LogP contribution >= 0.6 is 0 Å². The van der Waals surface area contributed by atoms with E-state index in [0.717, 1.165) is 19.3 Å². The molecule has 3 amide bonds. The van der Waals surface area contributed by atoms with E-state index in [1.807, 2.05) is 20.8 Å². The average Bonchev–Trinajstić information content (AvgIpc) is 2.52. The fraction of sp³-hybridized carbons (Fsp3) is 0.619. The van der Waals surface area contributed by atoms with Gasteiger partial charge >= 0.3 is 6.03 Å². The Morgan fingerprint density at radius 1 is 1.26 bits per heavy atom. The number of aliphatic hydroxyl groups excluding tert-OH is 1. The van der Waals surface area contributed by atoms with Crippen LogP contribution in [0.2, 0.25) is 0 Å². The van der Waals surface area contributed by atoms with E-state index in [1.54, 1.807) is 24.3 Å². The number of benzene rings is 1. The lowest BCUT2D eigenvalue weighted by Gasteiger charge is -2.46. The van der Waals surface area contributed by atoms with Gasteiger partial charge in [0, 0.05) is 29.9 Å². The minimum atomic E-state index is -0.319. The van der Waals surface area contributed by atoms with Gasteiger partial charge in [0.15, 0.2) is 0 Å². The van der Waals surface area contributed by atoms with Gasteiger partial charge in [0.2, 0.25) is 0 Å². The van der Waals surface area contributed by atoms with Crippen molar-refractivity contribution >= 4 is 17.6 Å². The van der Waals surface area contributed by atoms with Crippen LogP contribution in [0.1, 0.15) is 63.7 Å². The minimum absolute atomic E-state index is 0.0918. The van der Waals surface area contributed by atoms with Crippen LogP contribution in [0.25, 0.3) is 0 Å². The van der Waals surface area contributed by atoms with E-state index < -0.39 is 0 Å². The summed E-state index contributed by atoms with van der Waals surface area (Å²) in [5.41, 5.74) is 0.865. The van der Waals surface area contributed by atoms with Crippen molar-refractivity contribution in [3.8, 4) is 0 Å². The lowest BCUT2D eigenvalue weighted by molar-refractivity contribution is 0.0462. The highest BCUT2D eigenvalue weighted by Crippen LogP contribution is 2.47. The highest BCUT2D eigenvalue weighted by Gasteiger charge is 2.41. The summed E-state index contributed by atoms with van der Waals surface area (Å²) in [5.74, 6) is 0.207. The molecule has 2 rings (SSSR count). The Kier molecular flexibility index (Phi) is 6.87. The summed E-state index contributed by atoms with van der Waals surface area (Å²) >= 11 is 0. The molecule has 0 aliphatic heterocycles. The van der Waals surface area contributed by atoms with Crippen molar-refractivity contribution in [3.05, 3.63) is 29.8 Å². The van der Waals surface area contributed by atoms with E-state index in [9.17, 15) is 14.7 Å². The van der Waals surface area contributed by atoms with Gasteiger partial charge in [-0.05, 0) is 69.6 Å². The van der Waals surface area contributed by atoms with E-state index in [2.05, 4.69) is 22.9 Å². The molecule has 0 heterocycles. The number of anilines is 1. The topological polar surface area (TPSA) is 90.5 Å². The Labute approximate surface area is 162 Å². The molecule has 150 valence electrons. The van der Waals surface area contributed by atoms with Gasteiger partial charge in [-0.2, -0.15) is 0 Å². The number of urea groups is 1. The molecular formula is C21H33N3O3. The normalized spacial score (nSPS) is 16.8. The zero-order valence-electron chi connectivity index (χ0n) is 16.9. The van der Waals surface area contributed by atoms with E-state index in [4.69, 9.17) is 0 Å². The molecule has 1 aromatic carbocycles. The fourth-order valence-electron chi connectivity index (χ4n) is 3.56. The highest BCUT2D eigenvalue weighted by molar-refractivity contribution is 5.97. The molecule has 6 heteroatoms. The van der Waals surface area contributed by atoms with Gasteiger partial charge in [-0.1, -0.05) is 19.4 Å². The average molecular weight is 376 g/mol. The third kappa shape index (κ3) is 5.96. The van der Waals surface area contributed by atoms with Crippen LogP contribution < -0.4 is 16.0 Å². The summed E-state index contributed by atoms with van der Waals surface area (Å²) in [6.07, 6.45) is 4.09. The molecule has 1 aliphatic carbocycles. The van der Waals surface area contributed by atoms with Crippen LogP contribution in [-0.4, -0.2) is 35.7 Å². The zero-order valence-corrected chi connectivity index (χ0v) is 16.9. The Morgan fingerprint density at radius 3 is 2.52 bits per heavy atom. The SMILES string of the molecule is C[C@H](CCO)C1(CNC(=O)Nc2cccc(C(=O)NC(C)(C)C)c2)CCC1. The summed E-state index contributed by atoms with van der Waals surface area (Å²) in [5, 5.41) is 17.9. The summed E-state index contributed by atoms with van der Waals surface area (Å²) in [6, 6.07) is 6.65. The Bertz CT molecular complexity index is 663. The van der Waals surface area contributed by atoms with Gasteiger partial charge in [0.1, 0.15) is 0 Å². The summed E-state index contributed by atoms with van der Waals surface area (Å²) in [4.78, 5) is 24.6. The van der Waals surface area contributed by atoms with Crippen molar-refractivity contribution in [1.82, 2.24) is 10.6 Å². The molecule has 0 aromatic heterocycles. The molecular weight excluding hydrogens is 342 g/mol. The van der Waals surface area contributed by atoms with Crippen LogP contribution in [0.5, 0.6) is 0 Å². The Morgan fingerprint density at radius 2 is 1.96 bits per heavy atom. The molecule has 0 bridgehead atoms. The van der Waals surface area contributed by atoms with Crippen LogP contribution in [0.3, 0.4) is 0 Å². The van der Waals surface area contributed by atoms with Crippen molar-refractivity contribution in [2.24, 2.45) is 11.3 Å². The lowest BCUT2D eigenvalue weighted by atomic mass is 9.60. The second-order valence-corrected chi connectivity index (χ2v) is 8.72. The van der Waals surface area contributed by atoms with E-state index in [0.29, 0.717) is 23.7 Å². The molecule has 6 nitrogen and oxygen atoms in total. The molecule has 1 aliphatic rings. The van der Waals surface area contributed by atoms with E-state index >= 15 is 0 Å². The highest BCUT2D eigenvalue weighted by atomic mass is 16.3. The van der Waals surface area contributed by atoms with Crippen molar-refractivity contribution in [2.75, 3.05) is 18.5 Å². The number of carbonyl (C=O) groups is 2. The van der Waals surface area contributed by atoms with Crippen molar-refractivity contribution < 1.29 is 14.7 Å². The van der Waals surface area contributed by atoms with Crippen molar-refractivity contribution in [1.29, 1.82) is 0 Å². The monoisotopic (exact) mass is 375 g/mol.